The van der Waals surface area contributed by atoms with Gasteiger partial charge in [-0.2, -0.15) is 0 Å². The van der Waals surface area contributed by atoms with E-state index in [0.29, 0.717) is 11.8 Å². The molecule has 1 aromatic heterocycles. The van der Waals surface area contributed by atoms with E-state index in [4.69, 9.17) is 0 Å². The number of carbonyl (C=O) groups excluding carboxylic acids is 1. The van der Waals surface area contributed by atoms with Gasteiger partial charge in [0.05, 0.1) is 6.10 Å². The molecule has 0 spiro atoms. The number of hydrogen-bond donors (Lipinski definition) is 1. The molecule has 1 saturated carbocycles. The molecule has 4 nitrogen and oxygen atoms in total. The molecule has 1 aliphatic carbocycles. The number of aliphatic hydroxyl groups excluding tert-OH is 1. The number of nitrogens with zero attached hydrogens (tertiary/aromatic N) is 2. The minimum absolute atomic E-state index is 0.214. The number of amides is 1. The zero-order chi connectivity index (χ0) is 15.7. The molecule has 1 amide bonds. The van der Waals surface area contributed by atoms with Gasteiger partial charge in [-0.25, -0.2) is 0 Å². The van der Waals surface area contributed by atoms with Crippen molar-refractivity contribution in [2.45, 2.75) is 38.7 Å². The number of thiophene rings is 1. The van der Waals surface area contributed by atoms with Crippen molar-refractivity contribution in [2.75, 3.05) is 32.7 Å². The van der Waals surface area contributed by atoms with Crippen LogP contribution in [0.2, 0.25) is 0 Å². The summed E-state index contributed by atoms with van der Waals surface area (Å²) >= 11 is 1.83. The molecule has 0 unspecified atom stereocenters. The lowest BCUT2D eigenvalue weighted by molar-refractivity contribution is -0.134. The average Bonchev–Trinajstić information content (AvgIpc) is 3.21. The lowest BCUT2D eigenvalue weighted by atomic mass is 10.2. The zero-order valence-corrected chi connectivity index (χ0v) is 14.3. The molecule has 2 heterocycles. The molecule has 122 valence electrons. The number of rotatable bonds is 5. The summed E-state index contributed by atoms with van der Waals surface area (Å²) in [5, 5.41) is 9.73. The highest BCUT2D eigenvalue weighted by Gasteiger charge is 2.46. The first-order chi connectivity index (χ1) is 10.6. The number of aryl methyl sites for hydroxylation is 1. The molecule has 0 bridgehead atoms. The normalized spacial score (nSPS) is 27.0. The fourth-order valence-corrected chi connectivity index (χ4v) is 4.30. The van der Waals surface area contributed by atoms with Crippen molar-refractivity contribution in [3.63, 3.8) is 0 Å². The molecule has 1 aromatic rings. The SMILES string of the molecule is CC[C@H](O)CN1CCN(C(=O)[C@@H]2C[C@H]2c2ccc(C)s2)CC1. The van der Waals surface area contributed by atoms with Gasteiger partial charge in [-0.3, -0.25) is 9.69 Å². The summed E-state index contributed by atoms with van der Waals surface area (Å²) in [6.45, 7) is 8.25. The summed E-state index contributed by atoms with van der Waals surface area (Å²) < 4.78 is 0. The van der Waals surface area contributed by atoms with Gasteiger partial charge in [0.25, 0.3) is 0 Å². The van der Waals surface area contributed by atoms with E-state index in [-0.39, 0.29) is 12.0 Å². The lowest BCUT2D eigenvalue weighted by Crippen LogP contribution is -2.50. The van der Waals surface area contributed by atoms with Crippen LogP contribution in [-0.4, -0.2) is 59.6 Å². The topological polar surface area (TPSA) is 43.8 Å². The van der Waals surface area contributed by atoms with Gasteiger partial charge in [-0.05, 0) is 31.9 Å². The first-order valence-electron chi connectivity index (χ1n) is 8.34. The van der Waals surface area contributed by atoms with Crippen LogP contribution in [-0.2, 0) is 4.79 Å². The van der Waals surface area contributed by atoms with E-state index in [9.17, 15) is 9.90 Å². The Hall–Kier alpha value is -0.910. The summed E-state index contributed by atoms with van der Waals surface area (Å²) in [6.07, 6.45) is 1.58. The summed E-state index contributed by atoms with van der Waals surface area (Å²) in [6, 6.07) is 4.33. The van der Waals surface area contributed by atoms with Gasteiger partial charge in [-0.1, -0.05) is 6.92 Å². The standard InChI is InChI=1S/C17H26N2O2S/c1-3-13(20)11-18-6-8-19(9-7-18)17(21)15-10-14(15)16-5-4-12(2)22-16/h4-5,13-15,20H,3,6-11H2,1-2H3/t13-,14+,15+/m0/s1. The molecule has 2 aliphatic rings. The molecule has 2 fully saturated rings. The van der Waals surface area contributed by atoms with Crippen LogP contribution in [0.15, 0.2) is 12.1 Å². The molecule has 0 aromatic carbocycles. The molecule has 1 aliphatic heterocycles. The fourth-order valence-electron chi connectivity index (χ4n) is 3.25. The molecule has 22 heavy (non-hydrogen) atoms. The van der Waals surface area contributed by atoms with Crippen molar-refractivity contribution in [2.24, 2.45) is 5.92 Å². The molecule has 0 radical (unpaired) electrons. The Morgan fingerprint density at radius 2 is 2.09 bits per heavy atom. The molecule has 5 heteroatoms. The number of β-amino-alcohol motifs (C(OH)–C–C–N with tert-alkyl or cyclic N) is 1. The van der Waals surface area contributed by atoms with Gasteiger partial charge in [-0.15, -0.1) is 11.3 Å². The Morgan fingerprint density at radius 1 is 1.36 bits per heavy atom. The largest absolute Gasteiger partial charge is 0.392 e. The summed E-state index contributed by atoms with van der Waals surface area (Å²) in [7, 11) is 0. The number of carbonyl (C=O) groups is 1. The minimum Gasteiger partial charge on any atom is -0.392 e. The Balaban J connectivity index is 1.47. The fraction of sp³-hybridized carbons (Fsp3) is 0.706. The summed E-state index contributed by atoms with van der Waals surface area (Å²) in [5.41, 5.74) is 0. The lowest BCUT2D eigenvalue weighted by Gasteiger charge is -2.35. The van der Waals surface area contributed by atoms with Crippen LogP contribution in [0.3, 0.4) is 0 Å². The zero-order valence-electron chi connectivity index (χ0n) is 13.5. The van der Waals surface area contributed by atoms with E-state index in [1.54, 1.807) is 0 Å². The third-order valence-electron chi connectivity index (χ3n) is 4.86. The molecule has 1 saturated heterocycles. The van der Waals surface area contributed by atoms with Crippen LogP contribution in [0.25, 0.3) is 0 Å². The Kier molecular flexibility index (Phi) is 4.85. The molecule has 3 atom stereocenters. The van der Waals surface area contributed by atoms with E-state index < -0.39 is 0 Å². The number of aliphatic hydroxyl groups is 1. The third-order valence-corrected chi connectivity index (χ3v) is 5.99. The third kappa shape index (κ3) is 3.53. The van der Waals surface area contributed by atoms with Crippen molar-refractivity contribution in [1.29, 1.82) is 0 Å². The summed E-state index contributed by atoms with van der Waals surface area (Å²) in [5.74, 6) is 1.02. The second-order valence-electron chi connectivity index (χ2n) is 6.59. The highest BCUT2D eigenvalue weighted by atomic mass is 32.1. The van der Waals surface area contributed by atoms with E-state index in [0.717, 1.165) is 45.6 Å². The van der Waals surface area contributed by atoms with E-state index >= 15 is 0 Å². The van der Waals surface area contributed by atoms with Gasteiger partial charge in [0.15, 0.2) is 0 Å². The minimum atomic E-state index is -0.239. The molecule has 3 rings (SSSR count). The number of hydrogen-bond acceptors (Lipinski definition) is 4. The summed E-state index contributed by atoms with van der Waals surface area (Å²) in [4.78, 5) is 19.6. The van der Waals surface area contributed by atoms with Crippen LogP contribution < -0.4 is 0 Å². The Bertz CT molecular complexity index is 522. The smallest absolute Gasteiger partial charge is 0.226 e. The van der Waals surface area contributed by atoms with Gasteiger partial charge < -0.3 is 10.0 Å². The highest BCUT2D eigenvalue weighted by molar-refractivity contribution is 7.12. The monoisotopic (exact) mass is 322 g/mol. The Labute approximate surface area is 136 Å². The first-order valence-corrected chi connectivity index (χ1v) is 9.15. The van der Waals surface area contributed by atoms with Gasteiger partial charge >= 0.3 is 0 Å². The van der Waals surface area contributed by atoms with Crippen LogP contribution in [0.1, 0.15) is 35.4 Å². The molecular weight excluding hydrogens is 296 g/mol. The van der Waals surface area contributed by atoms with Crippen LogP contribution in [0.5, 0.6) is 0 Å². The molecule has 1 N–H and O–H groups in total. The maximum Gasteiger partial charge on any atom is 0.226 e. The second kappa shape index (κ2) is 6.69. The quantitative estimate of drug-likeness (QED) is 0.902. The first kappa shape index (κ1) is 16.0. The maximum absolute atomic E-state index is 12.6. The highest BCUT2D eigenvalue weighted by Crippen LogP contribution is 2.50. The second-order valence-corrected chi connectivity index (χ2v) is 7.90. The average molecular weight is 322 g/mol. The van der Waals surface area contributed by atoms with Crippen LogP contribution >= 0.6 is 11.3 Å². The van der Waals surface area contributed by atoms with Crippen molar-refractivity contribution < 1.29 is 9.90 Å². The van der Waals surface area contributed by atoms with Crippen molar-refractivity contribution in [1.82, 2.24) is 9.80 Å². The number of piperazine rings is 1. The van der Waals surface area contributed by atoms with Gasteiger partial charge in [0.2, 0.25) is 5.91 Å². The van der Waals surface area contributed by atoms with Crippen molar-refractivity contribution in [3.05, 3.63) is 21.9 Å². The van der Waals surface area contributed by atoms with Crippen molar-refractivity contribution in [3.8, 4) is 0 Å². The van der Waals surface area contributed by atoms with E-state index in [1.807, 2.05) is 23.2 Å². The van der Waals surface area contributed by atoms with Crippen LogP contribution in [0.4, 0.5) is 0 Å². The predicted molar refractivity (Wildman–Crippen MR) is 89.2 cm³/mol. The molecular formula is C17H26N2O2S. The Morgan fingerprint density at radius 3 is 2.68 bits per heavy atom. The van der Waals surface area contributed by atoms with Gasteiger partial charge in [0.1, 0.15) is 0 Å². The van der Waals surface area contributed by atoms with Crippen molar-refractivity contribution >= 4 is 17.2 Å². The maximum atomic E-state index is 12.6. The van der Waals surface area contributed by atoms with Crippen LogP contribution in [0, 0.1) is 12.8 Å². The van der Waals surface area contributed by atoms with E-state index in [2.05, 4.69) is 24.0 Å². The predicted octanol–water partition coefficient (Wildman–Crippen LogP) is 2.08. The van der Waals surface area contributed by atoms with Gasteiger partial charge in [0, 0.05) is 54.3 Å². The van der Waals surface area contributed by atoms with E-state index in [1.165, 1.54) is 9.75 Å².